The van der Waals surface area contributed by atoms with E-state index >= 15 is 0 Å². The zero-order chi connectivity index (χ0) is 12.1. The Labute approximate surface area is 103 Å². The van der Waals surface area contributed by atoms with E-state index in [1.807, 2.05) is 11.8 Å². The van der Waals surface area contributed by atoms with Gasteiger partial charge in [0.1, 0.15) is 0 Å². The first kappa shape index (κ1) is 15.7. The number of nitrogens with one attached hydrogen (secondary N) is 2. The Morgan fingerprint density at radius 3 is 2.75 bits per heavy atom. The van der Waals surface area contributed by atoms with Crippen molar-refractivity contribution < 1.29 is 9.53 Å². The van der Waals surface area contributed by atoms with Gasteiger partial charge in [-0.05, 0) is 37.8 Å². The van der Waals surface area contributed by atoms with E-state index in [-0.39, 0.29) is 5.91 Å². The van der Waals surface area contributed by atoms with Gasteiger partial charge in [-0.25, -0.2) is 0 Å². The molecule has 0 unspecified atom stereocenters. The number of methoxy groups -OCH3 is 1. The second-order valence-corrected chi connectivity index (χ2v) is 4.56. The van der Waals surface area contributed by atoms with Gasteiger partial charge in [0.25, 0.3) is 0 Å². The topological polar surface area (TPSA) is 50.4 Å². The van der Waals surface area contributed by atoms with Crippen LogP contribution >= 0.6 is 11.8 Å². The number of hydrogen-bond donors (Lipinski definition) is 2. The smallest absolute Gasteiger partial charge is 0.233 e. The summed E-state index contributed by atoms with van der Waals surface area (Å²) in [5, 5.41) is 5.97. The Morgan fingerprint density at radius 2 is 2.06 bits per heavy atom. The number of carbonyl (C=O) groups excluding carboxylic acids is 1. The van der Waals surface area contributed by atoms with Crippen molar-refractivity contribution in [3.63, 3.8) is 0 Å². The third kappa shape index (κ3) is 11.8. The van der Waals surface area contributed by atoms with Gasteiger partial charge in [0.2, 0.25) is 5.91 Å². The fourth-order valence-electron chi connectivity index (χ4n) is 1.21. The number of amides is 1. The van der Waals surface area contributed by atoms with Crippen LogP contribution in [0.1, 0.15) is 19.3 Å². The van der Waals surface area contributed by atoms with Crippen LogP contribution in [-0.4, -0.2) is 51.3 Å². The number of unbranched alkanes of at least 4 members (excludes halogenated alkanes) is 1. The van der Waals surface area contributed by atoms with Crippen LogP contribution in [0, 0.1) is 0 Å². The number of carbonyl (C=O) groups is 1. The summed E-state index contributed by atoms with van der Waals surface area (Å²) in [5.74, 6) is 1.27. The molecule has 0 saturated carbocycles. The summed E-state index contributed by atoms with van der Waals surface area (Å²) in [5.41, 5.74) is 0. The SMILES string of the molecule is COCCCNC(=O)CNCCCCSC. The fourth-order valence-corrected chi connectivity index (χ4v) is 1.70. The third-order valence-corrected chi connectivity index (χ3v) is 2.78. The first-order chi connectivity index (χ1) is 7.81. The van der Waals surface area contributed by atoms with E-state index < -0.39 is 0 Å². The molecule has 4 nitrogen and oxygen atoms in total. The monoisotopic (exact) mass is 248 g/mol. The van der Waals surface area contributed by atoms with Crippen LogP contribution in [0.3, 0.4) is 0 Å². The zero-order valence-electron chi connectivity index (χ0n) is 10.4. The number of rotatable bonds is 11. The molecule has 0 spiro atoms. The molecule has 0 aromatic carbocycles. The fraction of sp³-hybridized carbons (Fsp3) is 0.909. The second kappa shape index (κ2) is 12.8. The summed E-state index contributed by atoms with van der Waals surface area (Å²) in [7, 11) is 1.66. The minimum atomic E-state index is 0.0703. The highest BCUT2D eigenvalue weighted by Gasteiger charge is 1.98. The van der Waals surface area contributed by atoms with E-state index in [0.29, 0.717) is 19.7 Å². The van der Waals surface area contributed by atoms with Gasteiger partial charge in [-0.1, -0.05) is 0 Å². The predicted molar refractivity (Wildman–Crippen MR) is 70.0 cm³/mol. The molecule has 1 amide bonds. The highest BCUT2D eigenvalue weighted by molar-refractivity contribution is 7.98. The molecular weight excluding hydrogens is 224 g/mol. The standard InChI is InChI=1S/C11H24N2O2S/c1-15-8-5-7-13-11(14)10-12-6-3-4-9-16-2/h12H,3-10H2,1-2H3,(H,13,14). The molecule has 0 aromatic rings. The van der Waals surface area contributed by atoms with E-state index in [9.17, 15) is 4.79 Å². The highest BCUT2D eigenvalue weighted by Crippen LogP contribution is 1.97. The normalized spacial score (nSPS) is 10.4. The second-order valence-electron chi connectivity index (χ2n) is 3.57. The Hall–Kier alpha value is -0.260. The molecule has 0 aromatic heterocycles. The van der Waals surface area contributed by atoms with Gasteiger partial charge in [0.15, 0.2) is 0 Å². The molecule has 5 heteroatoms. The van der Waals surface area contributed by atoms with Crippen molar-refractivity contribution in [2.24, 2.45) is 0 Å². The van der Waals surface area contributed by atoms with Crippen LogP contribution < -0.4 is 10.6 Å². The van der Waals surface area contributed by atoms with Crippen LogP contribution in [0.15, 0.2) is 0 Å². The van der Waals surface area contributed by atoms with Crippen LogP contribution in [0.5, 0.6) is 0 Å². The van der Waals surface area contributed by atoms with Gasteiger partial charge in [0, 0.05) is 20.3 Å². The molecule has 0 atom stereocenters. The third-order valence-electron chi connectivity index (χ3n) is 2.08. The molecule has 2 N–H and O–H groups in total. The Balaban J connectivity index is 3.11. The van der Waals surface area contributed by atoms with Crippen molar-refractivity contribution in [1.82, 2.24) is 10.6 Å². The predicted octanol–water partition coefficient (Wildman–Crippen LogP) is 0.872. The lowest BCUT2D eigenvalue weighted by molar-refractivity contribution is -0.120. The maximum atomic E-state index is 11.3. The molecule has 0 rings (SSSR count). The van der Waals surface area contributed by atoms with Gasteiger partial charge in [0.05, 0.1) is 6.54 Å². The van der Waals surface area contributed by atoms with Crippen LogP contribution in [0.2, 0.25) is 0 Å². The summed E-state index contributed by atoms with van der Waals surface area (Å²) in [6.07, 6.45) is 5.33. The maximum absolute atomic E-state index is 11.3. The van der Waals surface area contributed by atoms with E-state index in [1.165, 1.54) is 12.2 Å². The highest BCUT2D eigenvalue weighted by atomic mass is 32.2. The average Bonchev–Trinajstić information content (AvgIpc) is 2.29. The van der Waals surface area contributed by atoms with Crippen LogP contribution in [0.4, 0.5) is 0 Å². The molecule has 0 bridgehead atoms. The molecule has 16 heavy (non-hydrogen) atoms. The minimum absolute atomic E-state index is 0.0703. The van der Waals surface area contributed by atoms with Crippen molar-refractivity contribution in [2.45, 2.75) is 19.3 Å². The van der Waals surface area contributed by atoms with Gasteiger partial charge in [-0.15, -0.1) is 0 Å². The number of hydrogen-bond acceptors (Lipinski definition) is 4. The molecule has 0 heterocycles. The van der Waals surface area contributed by atoms with Gasteiger partial charge in [-0.2, -0.15) is 11.8 Å². The average molecular weight is 248 g/mol. The quantitative estimate of drug-likeness (QED) is 0.533. The largest absolute Gasteiger partial charge is 0.385 e. The van der Waals surface area contributed by atoms with Crippen molar-refractivity contribution >= 4 is 17.7 Å². The van der Waals surface area contributed by atoms with Crippen molar-refractivity contribution in [1.29, 1.82) is 0 Å². The zero-order valence-corrected chi connectivity index (χ0v) is 11.2. The minimum Gasteiger partial charge on any atom is -0.385 e. The maximum Gasteiger partial charge on any atom is 0.233 e. The lowest BCUT2D eigenvalue weighted by Gasteiger charge is -2.06. The number of ether oxygens (including phenoxy) is 1. The Bertz CT molecular complexity index is 168. The van der Waals surface area contributed by atoms with E-state index in [2.05, 4.69) is 16.9 Å². The Kier molecular flexibility index (Phi) is 12.6. The molecule has 0 radical (unpaired) electrons. The van der Waals surface area contributed by atoms with Crippen molar-refractivity contribution in [3.8, 4) is 0 Å². The van der Waals surface area contributed by atoms with Crippen LogP contribution in [-0.2, 0) is 9.53 Å². The summed E-state index contributed by atoms with van der Waals surface area (Å²) < 4.78 is 4.89. The van der Waals surface area contributed by atoms with E-state index in [0.717, 1.165) is 19.4 Å². The first-order valence-electron chi connectivity index (χ1n) is 5.76. The summed E-state index contributed by atoms with van der Waals surface area (Å²) in [6, 6.07) is 0. The number of thioether (sulfide) groups is 1. The molecular formula is C11H24N2O2S. The van der Waals surface area contributed by atoms with Crippen molar-refractivity contribution in [2.75, 3.05) is 45.4 Å². The Morgan fingerprint density at radius 1 is 1.25 bits per heavy atom. The van der Waals surface area contributed by atoms with Gasteiger partial charge < -0.3 is 15.4 Å². The summed E-state index contributed by atoms with van der Waals surface area (Å²) in [4.78, 5) is 11.3. The summed E-state index contributed by atoms with van der Waals surface area (Å²) >= 11 is 1.86. The van der Waals surface area contributed by atoms with Gasteiger partial charge >= 0.3 is 0 Å². The summed E-state index contributed by atoms with van der Waals surface area (Å²) in [6.45, 7) is 2.74. The molecule has 0 aliphatic heterocycles. The van der Waals surface area contributed by atoms with Gasteiger partial charge in [-0.3, -0.25) is 4.79 Å². The van der Waals surface area contributed by atoms with Crippen molar-refractivity contribution in [3.05, 3.63) is 0 Å². The molecule has 96 valence electrons. The lowest BCUT2D eigenvalue weighted by atomic mass is 10.3. The molecule has 0 aliphatic rings. The first-order valence-corrected chi connectivity index (χ1v) is 7.16. The van der Waals surface area contributed by atoms with Crippen LogP contribution in [0.25, 0.3) is 0 Å². The van der Waals surface area contributed by atoms with E-state index in [4.69, 9.17) is 4.74 Å². The van der Waals surface area contributed by atoms with E-state index in [1.54, 1.807) is 7.11 Å². The molecule has 0 fully saturated rings. The lowest BCUT2D eigenvalue weighted by Crippen LogP contribution is -2.35. The molecule has 0 aliphatic carbocycles. The molecule has 0 saturated heterocycles.